The monoisotopic (exact) mass is 605 g/mol. The summed E-state index contributed by atoms with van der Waals surface area (Å²) in [6.07, 6.45) is 5.72. The molecule has 0 spiro atoms. The fourth-order valence-corrected chi connectivity index (χ4v) is 5.12. The van der Waals surface area contributed by atoms with Crippen LogP contribution >= 0.6 is 0 Å². The van der Waals surface area contributed by atoms with Gasteiger partial charge in [-0.1, -0.05) is 0 Å². The minimum atomic E-state index is -2.54. The molecule has 226 valence electrons. The Morgan fingerprint density at radius 3 is 2.77 bits per heavy atom. The van der Waals surface area contributed by atoms with Crippen molar-refractivity contribution in [2.24, 2.45) is 5.73 Å². The quantitative estimate of drug-likeness (QED) is 0.231. The Morgan fingerprint density at radius 1 is 1.16 bits per heavy atom. The number of aromatic nitrogens is 5. The molecule has 0 saturated carbocycles. The van der Waals surface area contributed by atoms with Gasteiger partial charge in [0.1, 0.15) is 23.6 Å². The van der Waals surface area contributed by atoms with E-state index in [1.165, 1.54) is 32.7 Å². The highest BCUT2D eigenvalue weighted by molar-refractivity contribution is 5.89. The predicted octanol–water partition coefficient (Wildman–Crippen LogP) is 4.49. The van der Waals surface area contributed by atoms with Crippen LogP contribution in [0.25, 0.3) is 16.6 Å². The number of fused-ring (bicyclic) bond motifs is 2. The first-order chi connectivity index (χ1) is 22.4. The molecular weight excluding hydrogens is 574 g/mol. The lowest BCUT2D eigenvalue weighted by molar-refractivity contribution is -0.115. The second kappa shape index (κ2) is 11.7. The van der Waals surface area contributed by atoms with Crippen LogP contribution in [0.5, 0.6) is 23.0 Å². The van der Waals surface area contributed by atoms with E-state index in [2.05, 4.69) is 25.4 Å². The number of rotatable bonds is 9. The van der Waals surface area contributed by atoms with Crippen molar-refractivity contribution < 1.29 is 31.9 Å². The zero-order valence-electron chi connectivity index (χ0n) is 26.5. The third-order valence-corrected chi connectivity index (χ3v) is 7.27. The fourth-order valence-electron chi connectivity index (χ4n) is 5.12. The number of benzene rings is 2. The Kier molecular flexibility index (Phi) is 6.70. The Bertz CT molecular complexity index is 2020. The van der Waals surface area contributed by atoms with E-state index in [1.54, 1.807) is 41.2 Å². The van der Waals surface area contributed by atoms with E-state index in [9.17, 15) is 9.18 Å². The van der Waals surface area contributed by atoms with E-state index in [-0.39, 0.29) is 42.0 Å². The van der Waals surface area contributed by atoms with Crippen LogP contribution in [-0.4, -0.2) is 69.2 Å². The molecule has 0 radical (unpaired) electrons. The Labute approximate surface area is 254 Å². The van der Waals surface area contributed by atoms with Gasteiger partial charge in [-0.05, 0) is 37.2 Å². The molecule has 1 amide bonds. The number of likely N-dealkylation sites (N-methyl/N-ethyl adjacent to an activating group) is 1. The number of nitrogens with two attached hydrogens (primary N) is 1. The Balaban J connectivity index is 1.26. The van der Waals surface area contributed by atoms with E-state index < -0.39 is 30.6 Å². The van der Waals surface area contributed by atoms with Crippen molar-refractivity contribution in [3.05, 3.63) is 78.4 Å². The first-order valence-corrected chi connectivity index (χ1v) is 13.3. The maximum atomic E-state index is 15.2. The lowest BCUT2D eigenvalue weighted by Gasteiger charge is -2.16. The molecule has 2 atom stereocenters. The SMILES string of the molecule is [2H]C([2H])([2H])N1CC(c2cc3cnc(Nc4cc(F)c(Oc5ccn6ncnc6c5)cc4OC)nc3cc2OC)CC1C=C(F)C(N)=O. The number of carbonyl (C=O) groups is 1. The number of primary amides is 1. The van der Waals surface area contributed by atoms with Crippen molar-refractivity contribution in [3.8, 4) is 23.0 Å². The van der Waals surface area contributed by atoms with Crippen LogP contribution in [0.3, 0.4) is 0 Å². The molecule has 5 aromatic rings. The second-order valence-corrected chi connectivity index (χ2v) is 10.0. The largest absolute Gasteiger partial charge is 0.496 e. The van der Waals surface area contributed by atoms with Gasteiger partial charge < -0.3 is 25.3 Å². The molecule has 0 bridgehead atoms. The summed E-state index contributed by atoms with van der Waals surface area (Å²) in [6, 6.07) is 8.38. The van der Waals surface area contributed by atoms with Crippen molar-refractivity contribution >= 4 is 34.1 Å². The maximum absolute atomic E-state index is 15.2. The van der Waals surface area contributed by atoms with Crippen molar-refractivity contribution in [1.82, 2.24) is 29.5 Å². The highest BCUT2D eigenvalue weighted by Crippen LogP contribution is 2.39. The van der Waals surface area contributed by atoms with Crippen molar-refractivity contribution in [2.45, 2.75) is 18.4 Å². The van der Waals surface area contributed by atoms with Crippen molar-refractivity contribution in [2.75, 3.05) is 33.1 Å². The maximum Gasteiger partial charge on any atom is 0.277 e. The first kappa shape index (κ1) is 25.2. The summed E-state index contributed by atoms with van der Waals surface area (Å²) < 4.78 is 71.5. The molecule has 3 aromatic heterocycles. The lowest BCUT2D eigenvalue weighted by atomic mass is 9.94. The number of nitrogens with one attached hydrogen (secondary N) is 1. The van der Waals surface area contributed by atoms with E-state index in [4.69, 9.17) is 24.1 Å². The minimum absolute atomic E-state index is 0.0479. The van der Waals surface area contributed by atoms with E-state index in [0.717, 1.165) is 11.0 Å². The van der Waals surface area contributed by atoms with Gasteiger partial charge >= 0.3 is 0 Å². The zero-order chi connectivity index (χ0) is 33.5. The molecule has 12 nitrogen and oxygen atoms in total. The molecule has 6 rings (SSSR count). The molecule has 1 aliphatic heterocycles. The van der Waals surface area contributed by atoms with Crippen molar-refractivity contribution in [3.63, 3.8) is 0 Å². The minimum Gasteiger partial charge on any atom is -0.496 e. The Morgan fingerprint density at radius 2 is 2.00 bits per heavy atom. The molecule has 0 aliphatic carbocycles. The zero-order valence-corrected chi connectivity index (χ0v) is 23.5. The predicted molar refractivity (Wildman–Crippen MR) is 158 cm³/mol. The molecule has 1 aliphatic rings. The van der Waals surface area contributed by atoms with Crippen LogP contribution in [0.4, 0.5) is 20.4 Å². The Hall–Kier alpha value is -5.37. The summed E-state index contributed by atoms with van der Waals surface area (Å²) in [5.41, 5.74) is 6.95. The molecule has 3 N–H and O–H groups in total. The molecule has 14 heteroatoms. The van der Waals surface area contributed by atoms with E-state index >= 15 is 4.39 Å². The topological polar surface area (TPSA) is 142 Å². The highest BCUT2D eigenvalue weighted by Gasteiger charge is 2.32. The summed E-state index contributed by atoms with van der Waals surface area (Å²) in [7, 11) is 2.89. The standard InChI is InChI=1S/C30H28F2N8O4/c1-39-14-17(6-18(39)8-22(32)29(33)41)20-7-16-13-34-30(37-23(16)11-25(20)42-2)38-24-10-21(31)26(12-27(24)43-3)44-19-4-5-40-28(9-19)35-15-36-40/h4-5,7-13,15,17-18H,6,14H2,1-3H3,(H2,33,41)(H,34,37,38)/i1D3. The van der Waals surface area contributed by atoms with Crippen LogP contribution in [0.15, 0.2) is 67.0 Å². The summed E-state index contributed by atoms with van der Waals surface area (Å²) >= 11 is 0. The lowest BCUT2D eigenvalue weighted by Crippen LogP contribution is -2.24. The molecule has 2 aromatic carbocycles. The molecule has 44 heavy (non-hydrogen) atoms. The molecule has 4 heterocycles. The van der Waals surface area contributed by atoms with Gasteiger partial charge in [-0.3, -0.25) is 9.69 Å². The number of halogens is 2. The van der Waals surface area contributed by atoms with Crippen LogP contribution in [0.1, 0.15) is 22.0 Å². The number of nitrogens with zero attached hydrogens (tertiary/aromatic N) is 6. The van der Waals surface area contributed by atoms with Gasteiger partial charge in [0.25, 0.3) is 5.91 Å². The van der Waals surface area contributed by atoms with Gasteiger partial charge in [-0.25, -0.2) is 28.2 Å². The smallest absolute Gasteiger partial charge is 0.277 e. The summed E-state index contributed by atoms with van der Waals surface area (Å²) in [6.45, 7) is -2.49. The third kappa shape index (κ3) is 5.66. The summed E-state index contributed by atoms with van der Waals surface area (Å²) in [5.74, 6) is -2.43. The number of amides is 1. The summed E-state index contributed by atoms with van der Waals surface area (Å²) in [5, 5.41) is 7.61. The highest BCUT2D eigenvalue weighted by atomic mass is 19.1. The van der Waals surface area contributed by atoms with Crippen LogP contribution < -0.4 is 25.3 Å². The van der Waals surface area contributed by atoms with Crippen LogP contribution in [-0.2, 0) is 4.79 Å². The fraction of sp³-hybridized carbons (Fsp3) is 0.233. The van der Waals surface area contributed by atoms with E-state index in [0.29, 0.717) is 33.6 Å². The van der Waals surface area contributed by atoms with Crippen LogP contribution in [0.2, 0.25) is 0 Å². The number of ether oxygens (including phenoxy) is 3. The second-order valence-electron chi connectivity index (χ2n) is 10.0. The van der Waals surface area contributed by atoms with Crippen molar-refractivity contribution in [1.29, 1.82) is 0 Å². The van der Waals surface area contributed by atoms with Gasteiger partial charge in [0.2, 0.25) is 5.95 Å². The molecule has 2 unspecified atom stereocenters. The van der Waals surface area contributed by atoms with Gasteiger partial charge in [0.05, 0.1) is 25.4 Å². The van der Waals surface area contributed by atoms with Gasteiger partial charge in [-0.2, -0.15) is 5.10 Å². The van der Waals surface area contributed by atoms with Gasteiger partial charge in [0, 0.05) is 64.7 Å². The average molecular weight is 606 g/mol. The first-order valence-electron chi connectivity index (χ1n) is 14.8. The molecule has 1 saturated heterocycles. The number of likely N-dealkylation sites (tertiary alicyclic amines) is 1. The third-order valence-electron chi connectivity index (χ3n) is 7.27. The number of hydrogen-bond donors (Lipinski definition) is 2. The number of pyridine rings is 1. The number of methoxy groups -OCH3 is 2. The number of hydrogen-bond acceptors (Lipinski definition) is 10. The van der Waals surface area contributed by atoms with Gasteiger partial charge in [-0.15, -0.1) is 0 Å². The number of anilines is 2. The normalized spacial score (nSPS) is 18.5. The number of carbonyl (C=O) groups excluding carboxylic acids is 1. The van der Waals surface area contributed by atoms with Gasteiger partial charge in [0.15, 0.2) is 23.0 Å². The summed E-state index contributed by atoms with van der Waals surface area (Å²) in [4.78, 5) is 25.5. The van der Waals surface area contributed by atoms with E-state index in [1.807, 2.05) is 0 Å². The van der Waals surface area contributed by atoms with Crippen LogP contribution in [0, 0.1) is 5.82 Å². The molecular formula is C30H28F2N8O4. The molecule has 1 fully saturated rings. The average Bonchev–Trinajstić information content (AvgIpc) is 3.68.